The Morgan fingerprint density at radius 1 is 1.20 bits per heavy atom. The Labute approximate surface area is 147 Å². The van der Waals surface area contributed by atoms with Gasteiger partial charge in [0, 0.05) is 25.9 Å². The van der Waals surface area contributed by atoms with Gasteiger partial charge in [-0.1, -0.05) is 18.2 Å². The van der Waals surface area contributed by atoms with E-state index in [1.165, 1.54) is 0 Å². The first kappa shape index (κ1) is 17.7. The van der Waals surface area contributed by atoms with Crippen LogP contribution in [0.3, 0.4) is 0 Å². The van der Waals surface area contributed by atoms with E-state index in [0.717, 1.165) is 0 Å². The van der Waals surface area contributed by atoms with Crippen LogP contribution in [0.5, 0.6) is 5.75 Å². The topological polar surface area (TPSA) is 77.1 Å². The van der Waals surface area contributed by atoms with E-state index in [1.54, 1.807) is 24.0 Å². The number of ether oxygens (including phenoxy) is 3. The Morgan fingerprint density at radius 2 is 1.84 bits per heavy atom. The van der Waals surface area contributed by atoms with Crippen molar-refractivity contribution in [3.63, 3.8) is 0 Å². The lowest BCUT2D eigenvalue weighted by Gasteiger charge is -2.38. The number of benzene rings is 1. The summed E-state index contributed by atoms with van der Waals surface area (Å²) < 4.78 is 16.7. The summed E-state index contributed by atoms with van der Waals surface area (Å²) in [5.74, 6) is -0.302. The second-order valence-electron chi connectivity index (χ2n) is 6.32. The van der Waals surface area contributed by atoms with E-state index < -0.39 is 11.8 Å². The highest BCUT2D eigenvalue weighted by molar-refractivity contribution is 5.87. The molecule has 1 aromatic rings. The van der Waals surface area contributed by atoms with Crippen molar-refractivity contribution in [1.29, 1.82) is 0 Å². The molecule has 2 fully saturated rings. The van der Waals surface area contributed by atoms with Gasteiger partial charge >= 0.3 is 0 Å². The lowest BCUT2D eigenvalue weighted by Crippen LogP contribution is -2.53. The Kier molecular flexibility index (Phi) is 5.55. The number of hydrogen-bond acceptors (Lipinski definition) is 5. The molecule has 0 aliphatic carbocycles. The highest BCUT2D eigenvalue weighted by Gasteiger charge is 2.41. The minimum atomic E-state index is -0.591. The molecule has 0 unspecified atom stereocenters. The number of piperidine rings is 1. The summed E-state index contributed by atoms with van der Waals surface area (Å²) in [6.45, 7) is 3.94. The van der Waals surface area contributed by atoms with Crippen LogP contribution in [0.15, 0.2) is 30.3 Å². The summed E-state index contributed by atoms with van der Waals surface area (Å²) in [6.07, 6.45) is 1.33. The maximum absolute atomic E-state index is 12.5. The number of likely N-dealkylation sites (tertiary alicyclic amines) is 1. The molecule has 25 heavy (non-hydrogen) atoms. The summed E-state index contributed by atoms with van der Waals surface area (Å²) in [4.78, 5) is 26.2. The molecular weight excluding hydrogens is 324 g/mol. The number of nitrogens with zero attached hydrogens (tertiary/aromatic N) is 1. The van der Waals surface area contributed by atoms with Crippen LogP contribution in [0, 0.1) is 0 Å². The van der Waals surface area contributed by atoms with Gasteiger partial charge in [-0.25, -0.2) is 0 Å². The van der Waals surface area contributed by atoms with Crippen molar-refractivity contribution < 1.29 is 23.8 Å². The largest absolute Gasteiger partial charge is 0.484 e. The molecule has 0 saturated carbocycles. The average Bonchev–Trinajstić information content (AvgIpc) is 3.09. The molecule has 1 N–H and O–H groups in total. The summed E-state index contributed by atoms with van der Waals surface area (Å²) in [7, 11) is 0. The molecule has 3 rings (SSSR count). The van der Waals surface area contributed by atoms with E-state index in [-0.39, 0.29) is 18.4 Å². The highest BCUT2D eigenvalue weighted by Crippen LogP contribution is 2.31. The molecule has 136 valence electrons. The van der Waals surface area contributed by atoms with E-state index in [4.69, 9.17) is 14.2 Å². The predicted octanol–water partition coefficient (Wildman–Crippen LogP) is 0.936. The first-order valence-electron chi connectivity index (χ1n) is 8.62. The van der Waals surface area contributed by atoms with Crippen molar-refractivity contribution in [2.75, 3.05) is 32.9 Å². The molecule has 7 heteroatoms. The van der Waals surface area contributed by atoms with Crippen LogP contribution >= 0.6 is 0 Å². The van der Waals surface area contributed by atoms with Gasteiger partial charge in [0.2, 0.25) is 5.91 Å². The fourth-order valence-electron chi connectivity index (χ4n) is 3.14. The van der Waals surface area contributed by atoms with Gasteiger partial charge in [0.05, 0.1) is 13.2 Å². The minimum absolute atomic E-state index is 0.0964. The number of rotatable bonds is 5. The zero-order chi connectivity index (χ0) is 17.7. The van der Waals surface area contributed by atoms with Crippen molar-refractivity contribution >= 4 is 11.8 Å². The van der Waals surface area contributed by atoms with Gasteiger partial charge in [-0.3, -0.25) is 9.59 Å². The standard InChI is InChI=1S/C18H24N2O5/c1-14(19-16(21)13-23-15-5-3-2-4-6-15)17(22)20-9-7-18(8-10-20)24-11-12-25-18/h2-6,14H,7-13H2,1H3,(H,19,21)/t14-/m1/s1. The van der Waals surface area contributed by atoms with E-state index in [9.17, 15) is 9.59 Å². The van der Waals surface area contributed by atoms with Crippen molar-refractivity contribution in [3.8, 4) is 5.75 Å². The zero-order valence-electron chi connectivity index (χ0n) is 14.4. The van der Waals surface area contributed by atoms with Gasteiger partial charge in [0.25, 0.3) is 5.91 Å². The van der Waals surface area contributed by atoms with Gasteiger partial charge in [0.15, 0.2) is 12.4 Å². The number of carbonyl (C=O) groups excluding carboxylic acids is 2. The fraction of sp³-hybridized carbons (Fsp3) is 0.556. The van der Waals surface area contributed by atoms with Crippen molar-refractivity contribution in [2.45, 2.75) is 31.6 Å². The van der Waals surface area contributed by atoms with Gasteiger partial charge in [-0.2, -0.15) is 0 Å². The van der Waals surface area contributed by atoms with Gasteiger partial charge in [-0.05, 0) is 19.1 Å². The van der Waals surface area contributed by atoms with Crippen molar-refractivity contribution in [2.24, 2.45) is 0 Å². The third kappa shape index (κ3) is 4.49. The first-order valence-corrected chi connectivity index (χ1v) is 8.62. The second-order valence-corrected chi connectivity index (χ2v) is 6.32. The van der Waals surface area contributed by atoms with Crippen LogP contribution < -0.4 is 10.1 Å². The molecule has 2 heterocycles. The molecule has 0 bridgehead atoms. The lowest BCUT2D eigenvalue weighted by molar-refractivity contribution is -0.187. The molecule has 7 nitrogen and oxygen atoms in total. The molecule has 0 aromatic heterocycles. The van der Waals surface area contributed by atoms with Crippen LogP contribution in [-0.2, 0) is 19.1 Å². The molecule has 2 amide bonds. The van der Waals surface area contributed by atoms with Crippen LogP contribution in [0.4, 0.5) is 0 Å². The first-order chi connectivity index (χ1) is 12.1. The average molecular weight is 348 g/mol. The Morgan fingerprint density at radius 3 is 2.48 bits per heavy atom. The molecular formula is C18H24N2O5. The maximum atomic E-state index is 12.5. The second kappa shape index (κ2) is 7.84. The summed E-state index contributed by atoms with van der Waals surface area (Å²) in [6, 6.07) is 8.50. The molecule has 1 spiro atoms. The van der Waals surface area contributed by atoms with Crippen LogP contribution in [-0.4, -0.2) is 61.5 Å². The van der Waals surface area contributed by atoms with E-state index in [2.05, 4.69) is 5.32 Å². The lowest BCUT2D eigenvalue weighted by atomic mass is 10.0. The van der Waals surface area contributed by atoms with Crippen LogP contribution in [0.25, 0.3) is 0 Å². The smallest absolute Gasteiger partial charge is 0.258 e. The van der Waals surface area contributed by atoms with Gasteiger partial charge in [-0.15, -0.1) is 0 Å². The monoisotopic (exact) mass is 348 g/mol. The van der Waals surface area contributed by atoms with Crippen molar-refractivity contribution in [1.82, 2.24) is 10.2 Å². The van der Waals surface area contributed by atoms with Gasteiger partial charge < -0.3 is 24.4 Å². The van der Waals surface area contributed by atoms with Crippen molar-refractivity contribution in [3.05, 3.63) is 30.3 Å². The van der Waals surface area contributed by atoms with Crippen LogP contribution in [0.1, 0.15) is 19.8 Å². The SMILES string of the molecule is C[C@@H](NC(=O)COc1ccccc1)C(=O)N1CCC2(CC1)OCCO2. The number of carbonyl (C=O) groups is 2. The van der Waals surface area contributed by atoms with E-state index in [1.807, 2.05) is 18.2 Å². The minimum Gasteiger partial charge on any atom is -0.484 e. The molecule has 0 radical (unpaired) electrons. The molecule has 1 aromatic carbocycles. The van der Waals surface area contributed by atoms with Gasteiger partial charge in [0.1, 0.15) is 11.8 Å². The number of amides is 2. The Bertz CT molecular complexity index is 591. The third-order valence-electron chi connectivity index (χ3n) is 4.51. The Hall–Kier alpha value is -2.12. The molecule has 1 atom stereocenters. The molecule has 2 aliphatic heterocycles. The zero-order valence-corrected chi connectivity index (χ0v) is 14.4. The molecule has 2 aliphatic rings. The maximum Gasteiger partial charge on any atom is 0.258 e. The highest BCUT2D eigenvalue weighted by atomic mass is 16.7. The number of nitrogens with one attached hydrogen (secondary N) is 1. The Balaban J connectivity index is 1.42. The normalized spacial score (nSPS) is 20.3. The third-order valence-corrected chi connectivity index (χ3v) is 4.51. The summed E-state index contributed by atoms with van der Waals surface area (Å²) in [5, 5.41) is 2.69. The predicted molar refractivity (Wildman–Crippen MR) is 90.0 cm³/mol. The van der Waals surface area contributed by atoms with E-state index >= 15 is 0 Å². The summed E-state index contributed by atoms with van der Waals surface area (Å²) >= 11 is 0. The van der Waals surface area contributed by atoms with Crippen LogP contribution in [0.2, 0.25) is 0 Å². The number of hydrogen-bond donors (Lipinski definition) is 1. The summed E-state index contributed by atoms with van der Waals surface area (Å²) in [5.41, 5.74) is 0. The quantitative estimate of drug-likeness (QED) is 0.857. The van der Waals surface area contributed by atoms with E-state index in [0.29, 0.717) is 44.9 Å². The molecule has 2 saturated heterocycles. The number of para-hydroxylation sites is 1. The fourth-order valence-corrected chi connectivity index (χ4v) is 3.14.